The maximum Gasteiger partial charge on any atom is 0.335 e. The first-order valence-corrected chi connectivity index (χ1v) is 6.10. The van der Waals surface area contributed by atoms with Crippen molar-refractivity contribution in [3.8, 4) is 0 Å². The highest BCUT2D eigenvalue weighted by Crippen LogP contribution is 2.28. The largest absolute Gasteiger partial charge is 0.478 e. The van der Waals surface area contributed by atoms with E-state index in [-0.39, 0.29) is 5.92 Å². The van der Waals surface area contributed by atoms with Crippen LogP contribution in [-0.2, 0) is 6.54 Å². The number of hydrogen-bond acceptors (Lipinski definition) is 2. The highest BCUT2D eigenvalue weighted by molar-refractivity contribution is 5.95. The number of aromatic nitrogens is 1. The zero-order valence-electron chi connectivity index (χ0n) is 10.7. The van der Waals surface area contributed by atoms with E-state index in [0.717, 1.165) is 23.0 Å². The van der Waals surface area contributed by atoms with Crippen LogP contribution in [-0.4, -0.2) is 22.2 Å². The topological polar surface area (TPSA) is 68.2 Å². The van der Waals surface area contributed by atoms with Crippen molar-refractivity contribution in [1.29, 1.82) is 0 Å². The smallest absolute Gasteiger partial charge is 0.335 e. The van der Waals surface area contributed by atoms with Crippen LogP contribution in [0.2, 0.25) is 0 Å². The number of rotatable bonds is 4. The zero-order chi connectivity index (χ0) is 13.3. The number of nitrogens with zero attached hydrogens (tertiary/aromatic N) is 1. The molecule has 4 nitrogen and oxygen atoms in total. The molecule has 0 unspecified atom stereocenters. The molecule has 2 aromatic rings. The summed E-state index contributed by atoms with van der Waals surface area (Å²) < 4.78 is 2.09. The molecule has 0 aliphatic rings. The SMILES string of the molecule is CC(C)c1cc(C(=O)O)cc2ccn(CCN)c12. The van der Waals surface area contributed by atoms with E-state index >= 15 is 0 Å². The Morgan fingerprint density at radius 3 is 2.72 bits per heavy atom. The average molecular weight is 246 g/mol. The highest BCUT2D eigenvalue weighted by Gasteiger charge is 2.14. The van der Waals surface area contributed by atoms with E-state index in [9.17, 15) is 4.79 Å². The normalized spacial score (nSPS) is 11.3. The molecular formula is C14H18N2O2. The molecule has 0 atom stereocenters. The van der Waals surface area contributed by atoms with Gasteiger partial charge in [-0.15, -0.1) is 0 Å². The van der Waals surface area contributed by atoms with Crippen LogP contribution < -0.4 is 5.73 Å². The lowest BCUT2D eigenvalue weighted by Crippen LogP contribution is -2.10. The van der Waals surface area contributed by atoms with Gasteiger partial charge in [0.2, 0.25) is 0 Å². The van der Waals surface area contributed by atoms with Gasteiger partial charge in [-0.1, -0.05) is 13.8 Å². The van der Waals surface area contributed by atoms with Gasteiger partial charge in [-0.25, -0.2) is 4.79 Å². The Hall–Kier alpha value is -1.81. The van der Waals surface area contributed by atoms with Gasteiger partial charge in [0, 0.05) is 24.7 Å². The summed E-state index contributed by atoms with van der Waals surface area (Å²) in [6, 6.07) is 5.43. The van der Waals surface area contributed by atoms with E-state index in [2.05, 4.69) is 18.4 Å². The number of hydrogen-bond donors (Lipinski definition) is 2. The fourth-order valence-corrected chi connectivity index (χ4v) is 2.27. The summed E-state index contributed by atoms with van der Waals surface area (Å²) in [6.45, 7) is 5.46. The van der Waals surface area contributed by atoms with Crippen LogP contribution in [0.5, 0.6) is 0 Å². The third-order valence-electron chi connectivity index (χ3n) is 3.13. The summed E-state index contributed by atoms with van der Waals surface area (Å²) in [7, 11) is 0. The van der Waals surface area contributed by atoms with Gasteiger partial charge in [-0.05, 0) is 29.7 Å². The monoisotopic (exact) mass is 246 g/mol. The van der Waals surface area contributed by atoms with Gasteiger partial charge in [0.1, 0.15) is 0 Å². The Labute approximate surface area is 106 Å². The maximum atomic E-state index is 11.1. The van der Waals surface area contributed by atoms with E-state index in [1.54, 1.807) is 12.1 Å². The van der Waals surface area contributed by atoms with Crippen molar-refractivity contribution in [2.75, 3.05) is 6.54 Å². The molecule has 0 bridgehead atoms. The molecule has 0 amide bonds. The Balaban J connectivity index is 2.71. The van der Waals surface area contributed by atoms with Crippen molar-refractivity contribution < 1.29 is 9.90 Å². The van der Waals surface area contributed by atoms with Crippen LogP contribution in [0.1, 0.15) is 35.7 Å². The van der Waals surface area contributed by atoms with Crippen molar-refractivity contribution in [3.05, 3.63) is 35.5 Å². The van der Waals surface area contributed by atoms with Crippen molar-refractivity contribution in [2.24, 2.45) is 5.73 Å². The molecule has 0 aliphatic heterocycles. The fourth-order valence-electron chi connectivity index (χ4n) is 2.27. The Kier molecular flexibility index (Phi) is 3.39. The van der Waals surface area contributed by atoms with E-state index in [1.165, 1.54) is 0 Å². The van der Waals surface area contributed by atoms with Crippen LogP contribution in [0.15, 0.2) is 24.4 Å². The minimum absolute atomic E-state index is 0.276. The molecule has 0 saturated carbocycles. The summed E-state index contributed by atoms with van der Waals surface area (Å²) >= 11 is 0. The quantitative estimate of drug-likeness (QED) is 0.870. The maximum absolute atomic E-state index is 11.1. The first-order valence-electron chi connectivity index (χ1n) is 6.10. The molecule has 96 valence electrons. The predicted octanol–water partition coefficient (Wildman–Crippen LogP) is 2.42. The highest BCUT2D eigenvalue weighted by atomic mass is 16.4. The molecule has 2 rings (SSSR count). The molecule has 0 radical (unpaired) electrons. The second-order valence-corrected chi connectivity index (χ2v) is 4.76. The summed E-state index contributed by atoms with van der Waals surface area (Å²) in [5, 5.41) is 10.1. The molecule has 0 aliphatic carbocycles. The second kappa shape index (κ2) is 4.82. The van der Waals surface area contributed by atoms with Gasteiger partial charge in [-0.2, -0.15) is 0 Å². The Morgan fingerprint density at radius 2 is 2.17 bits per heavy atom. The number of aromatic carboxylic acids is 1. The number of fused-ring (bicyclic) bond motifs is 1. The summed E-state index contributed by atoms with van der Waals surface area (Å²) in [5.74, 6) is -0.608. The van der Waals surface area contributed by atoms with Crippen LogP contribution >= 0.6 is 0 Å². The van der Waals surface area contributed by atoms with E-state index < -0.39 is 5.97 Å². The van der Waals surface area contributed by atoms with Gasteiger partial charge in [0.05, 0.1) is 11.1 Å². The molecule has 18 heavy (non-hydrogen) atoms. The molecule has 0 spiro atoms. The summed E-state index contributed by atoms with van der Waals surface area (Å²) in [5.41, 5.74) is 8.10. The van der Waals surface area contributed by atoms with Crippen LogP contribution in [0.4, 0.5) is 0 Å². The van der Waals surface area contributed by atoms with Crippen molar-refractivity contribution in [1.82, 2.24) is 4.57 Å². The van der Waals surface area contributed by atoms with Crippen LogP contribution in [0.25, 0.3) is 10.9 Å². The lowest BCUT2D eigenvalue weighted by molar-refractivity contribution is 0.0697. The third-order valence-corrected chi connectivity index (χ3v) is 3.13. The molecular weight excluding hydrogens is 228 g/mol. The summed E-state index contributed by atoms with van der Waals surface area (Å²) in [4.78, 5) is 11.1. The Bertz CT molecular complexity index is 585. The number of nitrogens with two attached hydrogens (primary N) is 1. The van der Waals surface area contributed by atoms with Crippen molar-refractivity contribution in [2.45, 2.75) is 26.3 Å². The van der Waals surface area contributed by atoms with Gasteiger partial charge < -0.3 is 15.4 Å². The van der Waals surface area contributed by atoms with Crippen molar-refractivity contribution >= 4 is 16.9 Å². The molecule has 0 saturated heterocycles. The molecule has 1 aromatic carbocycles. The minimum atomic E-state index is -0.884. The number of carboxylic acids is 1. The zero-order valence-corrected chi connectivity index (χ0v) is 10.7. The van der Waals surface area contributed by atoms with E-state index in [4.69, 9.17) is 10.8 Å². The summed E-state index contributed by atoms with van der Waals surface area (Å²) in [6.07, 6.45) is 1.97. The first-order chi connectivity index (χ1) is 8.54. The molecule has 4 heteroatoms. The second-order valence-electron chi connectivity index (χ2n) is 4.76. The van der Waals surface area contributed by atoms with E-state index in [0.29, 0.717) is 12.1 Å². The number of carbonyl (C=O) groups is 1. The minimum Gasteiger partial charge on any atom is -0.478 e. The fraction of sp³-hybridized carbons (Fsp3) is 0.357. The van der Waals surface area contributed by atoms with Gasteiger partial charge in [-0.3, -0.25) is 0 Å². The third kappa shape index (κ3) is 2.11. The van der Waals surface area contributed by atoms with Crippen LogP contribution in [0.3, 0.4) is 0 Å². The van der Waals surface area contributed by atoms with Gasteiger partial charge in [0.25, 0.3) is 0 Å². The van der Waals surface area contributed by atoms with E-state index in [1.807, 2.05) is 12.3 Å². The Morgan fingerprint density at radius 1 is 1.44 bits per heavy atom. The molecule has 1 heterocycles. The first kappa shape index (κ1) is 12.6. The predicted molar refractivity (Wildman–Crippen MR) is 72.0 cm³/mol. The number of benzene rings is 1. The average Bonchev–Trinajstić information content (AvgIpc) is 2.71. The van der Waals surface area contributed by atoms with Gasteiger partial charge >= 0.3 is 5.97 Å². The van der Waals surface area contributed by atoms with Crippen molar-refractivity contribution in [3.63, 3.8) is 0 Å². The molecule has 3 N–H and O–H groups in total. The lowest BCUT2D eigenvalue weighted by Gasteiger charge is -2.13. The van der Waals surface area contributed by atoms with Crippen LogP contribution in [0, 0.1) is 0 Å². The molecule has 1 aromatic heterocycles. The number of carboxylic acid groups (broad SMARTS) is 1. The lowest BCUT2D eigenvalue weighted by atomic mass is 9.97. The standard InChI is InChI=1S/C14H18N2O2/c1-9(2)12-8-11(14(17)18)7-10-3-5-16(6-4-15)13(10)12/h3,5,7-9H,4,6,15H2,1-2H3,(H,17,18). The molecule has 0 fully saturated rings. The van der Waals surface area contributed by atoms with Gasteiger partial charge in [0.15, 0.2) is 0 Å².